The number of hydrogen-bond donors (Lipinski definition) is 1. The van der Waals surface area contributed by atoms with Crippen LogP contribution >= 0.6 is 23.7 Å². The molecule has 0 aliphatic rings. The molecule has 0 saturated heterocycles. The van der Waals surface area contributed by atoms with Crippen LogP contribution in [-0.2, 0) is 0 Å². The Balaban J connectivity index is 0.00000144. The highest BCUT2D eigenvalue weighted by Gasteiger charge is 2.08. The van der Waals surface area contributed by atoms with Crippen LogP contribution in [0.3, 0.4) is 0 Å². The van der Waals surface area contributed by atoms with E-state index in [1.165, 1.54) is 10.4 Å². The van der Waals surface area contributed by atoms with Gasteiger partial charge < -0.3 is 5.73 Å². The van der Waals surface area contributed by atoms with Gasteiger partial charge in [0, 0.05) is 10.9 Å². The van der Waals surface area contributed by atoms with Crippen molar-refractivity contribution in [2.24, 2.45) is 5.73 Å². The average molecular weight is 218 g/mol. The molecule has 0 saturated carbocycles. The number of halogens is 1. The van der Waals surface area contributed by atoms with Gasteiger partial charge in [-0.05, 0) is 36.8 Å². The van der Waals surface area contributed by atoms with E-state index in [-0.39, 0.29) is 18.4 Å². The lowest BCUT2D eigenvalue weighted by molar-refractivity contribution is 0.669. The molecule has 1 aromatic rings. The summed E-state index contributed by atoms with van der Waals surface area (Å²) in [5, 5.41) is 2.10. The van der Waals surface area contributed by atoms with Crippen LogP contribution in [0, 0.1) is 6.92 Å². The van der Waals surface area contributed by atoms with Crippen LogP contribution in [0.1, 0.15) is 29.3 Å². The summed E-state index contributed by atoms with van der Waals surface area (Å²) in [6, 6.07) is 2.32. The number of nitrogens with two attached hydrogens (primary N) is 1. The molecule has 0 unspecified atom stereocenters. The number of hydrogen-bond acceptors (Lipinski definition) is 2. The van der Waals surface area contributed by atoms with Gasteiger partial charge in [0.25, 0.3) is 0 Å². The van der Waals surface area contributed by atoms with Crippen molar-refractivity contribution in [1.82, 2.24) is 0 Å². The lowest BCUT2D eigenvalue weighted by Gasteiger charge is -2.08. The molecule has 0 bridgehead atoms. The molecule has 1 heterocycles. The maximum atomic E-state index is 5.99. The molecule has 0 aliphatic heterocycles. The SMILES string of the molecule is C=CCC[C@@H](N)c1sccc1C.Cl. The molecule has 1 rings (SSSR count). The zero-order chi connectivity index (χ0) is 8.97. The highest BCUT2D eigenvalue weighted by Crippen LogP contribution is 2.25. The minimum Gasteiger partial charge on any atom is -0.323 e. The second-order valence-corrected chi connectivity index (χ2v) is 3.89. The molecule has 1 atom stereocenters. The molecule has 0 aromatic carbocycles. The van der Waals surface area contributed by atoms with Crippen molar-refractivity contribution in [3.8, 4) is 0 Å². The zero-order valence-corrected chi connectivity index (χ0v) is 9.46. The average Bonchev–Trinajstić information content (AvgIpc) is 2.47. The zero-order valence-electron chi connectivity index (χ0n) is 7.82. The Bertz CT molecular complexity index is 257. The highest BCUT2D eigenvalue weighted by molar-refractivity contribution is 7.10. The number of thiophene rings is 1. The van der Waals surface area contributed by atoms with Crippen LogP contribution in [0.5, 0.6) is 0 Å². The monoisotopic (exact) mass is 217 g/mol. The third-order valence-electron chi connectivity index (χ3n) is 1.92. The summed E-state index contributed by atoms with van der Waals surface area (Å²) in [4.78, 5) is 1.32. The van der Waals surface area contributed by atoms with Gasteiger partial charge in [-0.15, -0.1) is 30.3 Å². The van der Waals surface area contributed by atoms with Gasteiger partial charge in [-0.25, -0.2) is 0 Å². The first-order chi connectivity index (χ1) is 5.75. The molecule has 0 fully saturated rings. The van der Waals surface area contributed by atoms with Crippen molar-refractivity contribution < 1.29 is 0 Å². The Labute approximate surface area is 90.1 Å². The van der Waals surface area contributed by atoms with Crippen LogP contribution in [0.25, 0.3) is 0 Å². The van der Waals surface area contributed by atoms with E-state index in [1.54, 1.807) is 11.3 Å². The van der Waals surface area contributed by atoms with Crippen LogP contribution in [-0.4, -0.2) is 0 Å². The maximum absolute atomic E-state index is 5.99. The molecule has 1 aromatic heterocycles. The minimum atomic E-state index is 0. The summed E-state index contributed by atoms with van der Waals surface area (Å²) in [5.41, 5.74) is 7.31. The molecule has 2 N–H and O–H groups in total. The fourth-order valence-electron chi connectivity index (χ4n) is 1.19. The van der Waals surface area contributed by atoms with E-state index >= 15 is 0 Å². The van der Waals surface area contributed by atoms with Gasteiger partial charge in [-0.3, -0.25) is 0 Å². The minimum absolute atomic E-state index is 0. The summed E-state index contributed by atoms with van der Waals surface area (Å²) >= 11 is 1.75. The smallest absolute Gasteiger partial charge is 0.0395 e. The lowest BCUT2D eigenvalue weighted by atomic mass is 10.1. The summed E-state index contributed by atoms with van der Waals surface area (Å²) in [6.07, 6.45) is 3.92. The van der Waals surface area contributed by atoms with Gasteiger partial charge in [0.1, 0.15) is 0 Å². The van der Waals surface area contributed by atoms with Gasteiger partial charge >= 0.3 is 0 Å². The summed E-state index contributed by atoms with van der Waals surface area (Å²) in [5.74, 6) is 0. The maximum Gasteiger partial charge on any atom is 0.0395 e. The Morgan fingerprint density at radius 2 is 2.38 bits per heavy atom. The van der Waals surface area contributed by atoms with E-state index < -0.39 is 0 Å². The second kappa shape index (κ2) is 6.19. The third kappa shape index (κ3) is 3.51. The molecule has 13 heavy (non-hydrogen) atoms. The highest BCUT2D eigenvalue weighted by atomic mass is 35.5. The second-order valence-electron chi connectivity index (χ2n) is 2.94. The molecule has 1 nitrogen and oxygen atoms in total. The molecule has 0 aliphatic carbocycles. The summed E-state index contributed by atoms with van der Waals surface area (Å²) in [6.45, 7) is 5.79. The number of aryl methyl sites for hydroxylation is 1. The molecule has 3 heteroatoms. The van der Waals surface area contributed by atoms with E-state index in [2.05, 4.69) is 24.9 Å². The van der Waals surface area contributed by atoms with E-state index in [0.29, 0.717) is 0 Å². The van der Waals surface area contributed by atoms with Crippen LogP contribution < -0.4 is 5.73 Å². The van der Waals surface area contributed by atoms with E-state index in [1.807, 2.05) is 6.08 Å². The van der Waals surface area contributed by atoms with Crippen LogP contribution in [0.4, 0.5) is 0 Å². The first kappa shape index (κ1) is 12.7. The van der Waals surface area contributed by atoms with Crippen LogP contribution in [0.15, 0.2) is 24.1 Å². The molecular formula is C10H16ClNS. The predicted molar refractivity (Wildman–Crippen MR) is 62.7 cm³/mol. The van der Waals surface area contributed by atoms with Crippen molar-refractivity contribution >= 4 is 23.7 Å². The van der Waals surface area contributed by atoms with E-state index in [0.717, 1.165) is 12.8 Å². The first-order valence-electron chi connectivity index (χ1n) is 4.16. The van der Waals surface area contributed by atoms with Gasteiger partial charge in [0.05, 0.1) is 0 Å². The fraction of sp³-hybridized carbons (Fsp3) is 0.400. The largest absolute Gasteiger partial charge is 0.323 e. The van der Waals surface area contributed by atoms with Crippen molar-refractivity contribution in [3.63, 3.8) is 0 Å². The molecule has 0 amide bonds. The third-order valence-corrected chi connectivity index (χ3v) is 3.07. The van der Waals surface area contributed by atoms with Crippen molar-refractivity contribution in [3.05, 3.63) is 34.5 Å². The Morgan fingerprint density at radius 3 is 2.85 bits per heavy atom. The topological polar surface area (TPSA) is 26.0 Å². The van der Waals surface area contributed by atoms with Gasteiger partial charge in [-0.2, -0.15) is 0 Å². The van der Waals surface area contributed by atoms with Crippen LogP contribution in [0.2, 0.25) is 0 Å². The Morgan fingerprint density at radius 1 is 1.69 bits per heavy atom. The van der Waals surface area contributed by atoms with E-state index in [4.69, 9.17) is 5.73 Å². The summed E-state index contributed by atoms with van der Waals surface area (Å²) < 4.78 is 0. The van der Waals surface area contributed by atoms with Gasteiger partial charge in [0.2, 0.25) is 0 Å². The molecular weight excluding hydrogens is 202 g/mol. The summed E-state index contributed by atoms with van der Waals surface area (Å²) in [7, 11) is 0. The van der Waals surface area contributed by atoms with Gasteiger partial charge in [0.15, 0.2) is 0 Å². The normalized spacial score (nSPS) is 11.8. The lowest BCUT2D eigenvalue weighted by Crippen LogP contribution is -2.08. The standard InChI is InChI=1S/C10H15NS.ClH/c1-3-4-5-9(11)10-8(2)6-7-12-10;/h3,6-7,9H,1,4-5,11H2,2H3;1H/t9-;/m1./s1. The quantitative estimate of drug-likeness (QED) is 0.769. The van der Waals surface area contributed by atoms with Crippen molar-refractivity contribution in [2.75, 3.05) is 0 Å². The Kier molecular flexibility index (Phi) is 6.04. The van der Waals surface area contributed by atoms with Gasteiger partial charge in [-0.1, -0.05) is 6.08 Å². The van der Waals surface area contributed by atoms with Crippen molar-refractivity contribution in [1.29, 1.82) is 0 Å². The molecule has 74 valence electrons. The predicted octanol–water partition coefficient (Wildman–Crippen LogP) is 3.44. The molecule has 0 radical (unpaired) electrons. The fourth-order valence-corrected chi connectivity index (χ4v) is 2.16. The first-order valence-corrected chi connectivity index (χ1v) is 5.04. The number of allylic oxidation sites excluding steroid dienone is 1. The number of rotatable bonds is 4. The van der Waals surface area contributed by atoms with E-state index in [9.17, 15) is 0 Å². The molecule has 0 spiro atoms. The van der Waals surface area contributed by atoms with Crippen molar-refractivity contribution in [2.45, 2.75) is 25.8 Å². The Hall–Kier alpha value is -0.310.